The Morgan fingerprint density at radius 2 is 1.96 bits per heavy atom. The molecule has 27 heavy (non-hydrogen) atoms. The van der Waals surface area contributed by atoms with E-state index in [9.17, 15) is 4.79 Å². The molecule has 142 valence electrons. The number of benzene rings is 2. The van der Waals surface area contributed by atoms with Crippen LogP contribution in [-0.2, 0) is 6.42 Å². The van der Waals surface area contributed by atoms with Crippen molar-refractivity contribution in [2.75, 3.05) is 21.3 Å². The molecule has 1 unspecified atom stereocenters. The molecule has 6 nitrogen and oxygen atoms in total. The van der Waals surface area contributed by atoms with Gasteiger partial charge >= 0.3 is 6.03 Å². The standard InChI is InChI=1S/C20H22FN3O3/c1-12-10-14-15(11-16(26-3)19(27-4)17(14)21)18(13-8-6-5-7-9-13)23-24(12)20(25)22-2/h5-9,11-12H,10H2,1-4H3,(H,22,25). The van der Waals surface area contributed by atoms with Crippen LogP contribution in [0.25, 0.3) is 0 Å². The van der Waals surface area contributed by atoms with Gasteiger partial charge in [-0.25, -0.2) is 14.2 Å². The van der Waals surface area contributed by atoms with Gasteiger partial charge in [-0.15, -0.1) is 0 Å². The lowest BCUT2D eigenvalue weighted by molar-refractivity contribution is 0.184. The summed E-state index contributed by atoms with van der Waals surface area (Å²) in [6.07, 6.45) is 0.286. The number of ether oxygens (including phenoxy) is 2. The van der Waals surface area contributed by atoms with E-state index in [0.717, 1.165) is 5.56 Å². The maximum absolute atomic E-state index is 15.3. The molecule has 0 saturated carbocycles. The summed E-state index contributed by atoms with van der Waals surface area (Å²) in [5, 5.41) is 8.52. The Hall–Kier alpha value is -3.09. The third-order valence-electron chi connectivity index (χ3n) is 4.56. The fourth-order valence-corrected chi connectivity index (χ4v) is 3.21. The van der Waals surface area contributed by atoms with E-state index in [-0.39, 0.29) is 30.0 Å². The molecule has 0 aliphatic carbocycles. The molecular weight excluding hydrogens is 349 g/mol. The second-order valence-electron chi connectivity index (χ2n) is 6.22. The average Bonchev–Trinajstić information content (AvgIpc) is 2.84. The van der Waals surface area contributed by atoms with E-state index in [1.54, 1.807) is 6.07 Å². The number of fused-ring (bicyclic) bond motifs is 1. The van der Waals surface area contributed by atoms with Crippen LogP contribution in [0.4, 0.5) is 9.18 Å². The van der Waals surface area contributed by atoms with Crippen LogP contribution in [0.1, 0.15) is 23.6 Å². The SMILES string of the molecule is CNC(=O)N1N=C(c2ccccc2)c2cc(OC)c(OC)c(F)c2CC1C. The zero-order valence-electron chi connectivity index (χ0n) is 15.7. The van der Waals surface area contributed by atoms with E-state index in [2.05, 4.69) is 10.4 Å². The van der Waals surface area contributed by atoms with Crippen LogP contribution < -0.4 is 14.8 Å². The number of hydrogen-bond donors (Lipinski definition) is 1. The van der Waals surface area contributed by atoms with Crippen molar-refractivity contribution >= 4 is 11.7 Å². The Morgan fingerprint density at radius 3 is 2.56 bits per heavy atom. The molecule has 0 aromatic heterocycles. The van der Waals surface area contributed by atoms with E-state index in [4.69, 9.17) is 9.47 Å². The molecule has 2 aromatic rings. The van der Waals surface area contributed by atoms with Gasteiger partial charge in [-0.2, -0.15) is 5.10 Å². The van der Waals surface area contributed by atoms with Gasteiger partial charge < -0.3 is 14.8 Å². The third kappa shape index (κ3) is 3.32. The van der Waals surface area contributed by atoms with Gasteiger partial charge in [0.1, 0.15) is 0 Å². The second-order valence-corrected chi connectivity index (χ2v) is 6.22. The van der Waals surface area contributed by atoms with Gasteiger partial charge in [0.15, 0.2) is 17.3 Å². The summed E-state index contributed by atoms with van der Waals surface area (Å²) >= 11 is 0. The second kappa shape index (κ2) is 7.65. The highest BCUT2D eigenvalue weighted by Gasteiger charge is 2.31. The quantitative estimate of drug-likeness (QED) is 0.901. The van der Waals surface area contributed by atoms with Crippen molar-refractivity contribution in [2.24, 2.45) is 5.10 Å². The monoisotopic (exact) mass is 371 g/mol. The van der Waals surface area contributed by atoms with Crippen molar-refractivity contribution in [3.05, 3.63) is 58.9 Å². The van der Waals surface area contributed by atoms with Gasteiger partial charge in [0, 0.05) is 23.7 Å². The first-order valence-corrected chi connectivity index (χ1v) is 8.60. The number of rotatable bonds is 3. The number of amides is 2. The summed E-state index contributed by atoms with van der Waals surface area (Å²) in [6, 6.07) is 10.4. The maximum atomic E-state index is 15.3. The first-order valence-electron chi connectivity index (χ1n) is 8.60. The Kier molecular flexibility index (Phi) is 5.30. The minimum atomic E-state index is -0.499. The fraction of sp³-hybridized carbons (Fsp3) is 0.300. The highest BCUT2D eigenvalue weighted by atomic mass is 19.1. The summed E-state index contributed by atoms with van der Waals surface area (Å²) in [4.78, 5) is 12.4. The molecule has 0 saturated heterocycles. The summed E-state index contributed by atoms with van der Waals surface area (Å²) in [7, 11) is 4.40. The number of carbonyl (C=O) groups excluding carboxylic acids is 1. The van der Waals surface area contributed by atoms with Gasteiger partial charge in [0.2, 0.25) is 0 Å². The molecule has 1 aliphatic heterocycles. The topological polar surface area (TPSA) is 63.2 Å². The molecule has 1 heterocycles. The fourth-order valence-electron chi connectivity index (χ4n) is 3.21. The first kappa shape index (κ1) is 18.7. The zero-order chi connectivity index (χ0) is 19.6. The van der Waals surface area contributed by atoms with Gasteiger partial charge in [0.05, 0.1) is 26.0 Å². The Bertz CT molecular complexity index is 884. The van der Waals surface area contributed by atoms with Crippen LogP contribution in [0.5, 0.6) is 11.5 Å². The minimum absolute atomic E-state index is 0.0456. The summed E-state index contributed by atoms with van der Waals surface area (Å²) in [5.41, 5.74) is 2.29. The van der Waals surface area contributed by atoms with E-state index in [1.807, 2.05) is 37.3 Å². The third-order valence-corrected chi connectivity index (χ3v) is 4.56. The largest absolute Gasteiger partial charge is 0.493 e. The molecule has 0 spiro atoms. The van der Waals surface area contributed by atoms with Crippen LogP contribution in [0.2, 0.25) is 0 Å². The number of urea groups is 1. The molecule has 0 bridgehead atoms. The van der Waals surface area contributed by atoms with Crippen LogP contribution in [0.15, 0.2) is 41.5 Å². The first-order chi connectivity index (χ1) is 13.0. The van der Waals surface area contributed by atoms with Crippen molar-refractivity contribution in [1.82, 2.24) is 10.3 Å². The van der Waals surface area contributed by atoms with Gasteiger partial charge in [-0.3, -0.25) is 0 Å². The molecule has 0 radical (unpaired) electrons. The zero-order valence-corrected chi connectivity index (χ0v) is 15.7. The van der Waals surface area contributed by atoms with E-state index < -0.39 is 5.82 Å². The summed E-state index contributed by atoms with van der Waals surface area (Å²) in [6.45, 7) is 1.83. The van der Waals surface area contributed by atoms with Crippen molar-refractivity contribution in [3.63, 3.8) is 0 Å². The van der Waals surface area contributed by atoms with Gasteiger partial charge in [-0.1, -0.05) is 30.3 Å². The van der Waals surface area contributed by atoms with Crippen LogP contribution in [0, 0.1) is 5.82 Å². The highest BCUT2D eigenvalue weighted by molar-refractivity contribution is 6.14. The molecule has 1 N–H and O–H groups in total. The van der Waals surface area contributed by atoms with Crippen molar-refractivity contribution < 1.29 is 18.7 Å². The average molecular weight is 371 g/mol. The number of nitrogens with one attached hydrogen (secondary N) is 1. The molecule has 1 aliphatic rings. The number of halogens is 1. The molecule has 7 heteroatoms. The molecule has 0 fully saturated rings. The van der Waals surface area contributed by atoms with Crippen molar-refractivity contribution in [1.29, 1.82) is 0 Å². The minimum Gasteiger partial charge on any atom is -0.493 e. The Morgan fingerprint density at radius 1 is 1.26 bits per heavy atom. The molecule has 1 atom stereocenters. The lowest BCUT2D eigenvalue weighted by atomic mass is 9.93. The van der Waals surface area contributed by atoms with Crippen LogP contribution in [0.3, 0.4) is 0 Å². The summed E-state index contributed by atoms with van der Waals surface area (Å²) in [5.74, 6) is -0.177. The number of methoxy groups -OCH3 is 2. The molecule has 2 amide bonds. The molecule has 3 rings (SSSR count). The van der Waals surface area contributed by atoms with Gasteiger partial charge in [-0.05, 0) is 19.4 Å². The number of hydrazone groups is 1. The normalized spacial score (nSPS) is 16.1. The predicted molar refractivity (Wildman–Crippen MR) is 101 cm³/mol. The van der Waals surface area contributed by atoms with Crippen molar-refractivity contribution in [3.8, 4) is 11.5 Å². The number of hydrogen-bond acceptors (Lipinski definition) is 4. The lowest BCUT2D eigenvalue weighted by Crippen LogP contribution is -2.41. The van der Waals surface area contributed by atoms with Crippen LogP contribution >= 0.6 is 0 Å². The lowest BCUT2D eigenvalue weighted by Gasteiger charge is -2.22. The number of carbonyl (C=O) groups is 1. The summed E-state index contributed by atoms with van der Waals surface area (Å²) < 4.78 is 25.8. The Balaban J connectivity index is 2.30. The number of nitrogens with zero attached hydrogens (tertiary/aromatic N) is 2. The van der Waals surface area contributed by atoms with Crippen LogP contribution in [-0.4, -0.2) is 44.1 Å². The molecule has 2 aromatic carbocycles. The Labute approximate surface area is 157 Å². The maximum Gasteiger partial charge on any atom is 0.337 e. The van der Waals surface area contributed by atoms with E-state index in [0.29, 0.717) is 16.8 Å². The van der Waals surface area contributed by atoms with Gasteiger partial charge in [0.25, 0.3) is 0 Å². The van der Waals surface area contributed by atoms with E-state index in [1.165, 1.54) is 26.3 Å². The predicted octanol–water partition coefficient (Wildman–Crippen LogP) is 3.18. The highest BCUT2D eigenvalue weighted by Crippen LogP contribution is 2.37. The van der Waals surface area contributed by atoms with Crippen molar-refractivity contribution in [2.45, 2.75) is 19.4 Å². The smallest absolute Gasteiger partial charge is 0.337 e. The van der Waals surface area contributed by atoms with E-state index >= 15 is 4.39 Å². The molecular formula is C20H22FN3O3.